The second-order valence-corrected chi connectivity index (χ2v) is 5.02. The zero-order valence-corrected chi connectivity index (χ0v) is 12.0. The minimum Gasteiger partial charge on any atom is -0.359 e. The summed E-state index contributed by atoms with van der Waals surface area (Å²) < 4.78 is 10.2. The molecule has 0 radical (unpaired) electrons. The smallest absolute Gasteiger partial charge is 0.146 e. The first kappa shape index (κ1) is 14.7. The van der Waals surface area contributed by atoms with Crippen molar-refractivity contribution in [3.63, 3.8) is 0 Å². The molecule has 0 saturated carbocycles. The van der Waals surface area contributed by atoms with Crippen LogP contribution in [0.5, 0.6) is 0 Å². The van der Waals surface area contributed by atoms with Gasteiger partial charge in [0.2, 0.25) is 0 Å². The second-order valence-electron chi connectivity index (χ2n) is 5.02. The molecule has 2 aromatic rings. The van der Waals surface area contributed by atoms with Crippen molar-refractivity contribution in [3.8, 4) is 0 Å². The summed E-state index contributed by atoms with van der Waals surface area (Å²) in [6.45, 7) is 2.87. The van der Waals surface area contributed by atoms with Crippen molar-refractivity contribution in [3.05, 3.63) is 71.3 Å². The van der Waals surface area contributed by atoms with E-state index in [0.717, 1.165) is 16.7 Å². The van der Waals surface area contributed by atoms with Crippen molar-refractivity contribution in [2.45, 2.75) is 19.1 Å². The van der Waals surface area contributed by atoms with E-state index >= 15 is 0 Å². The Morgan fingerprint density at radius 1 is 0.950 bits per heavy atom. The lowest BCUT2D eigenvalue weighted by molar-refractivity contribution is -0.0390. The number of methoxy groups -OCH3 is 1. The van der Waals surface area contributed by atoms with E-state index in [9.17, 15) is 0 Å². The van der Waals surface area contributed by atoms with Crippen LogP contribution in [-0.4, -0.2) is 13.9 Å². The second kappa shape index (κ2) is 6.66. The van der Waals surface area contributed by atoms with Crippen molar-refractivity contribution in [2.24, 2.45) is 5.73 Å². The fraction of sp³-hybridized carbons (Fsp3) is 0.294. The molecular weight excluding hydrogens is 250 g/mol. The molecule has 0 aliphatic heterocycles. The Morgan fingerprint density at radius 3 is 2.15 bits per heavy atom. The molecule has 2 aromatic carbocycles. The molecule has 0 aliphatic carbocycles. The summed E-state index contributed by atoms with van der Waals surface area (Å²) in [6, 6.07) is 18.3. The number of rotatable bonds is 6. The third-order valence-electron chi connectivity index (χ3n) is 3.40. The van der Waals surface area contributed by atoms with Gasteiger partial charge in [-0.15, -0.1) is 0 Å². The lowest BCUT2D eigenvalue weighted by Gasteiger charge is -2.26. The molecule has 20 heavy (non-hydrogen) atoms. The van der Waals surface area contributed by atoms with Crippen LogP contribution in [0.25, 0.3) is 0 Å². The van der Waals surface area contributed by atoms with E-state index in [1.807, 2.05) is 37.3 Å². The van der Waals surface area contributed by atoms with Crippen molar-refractivity contribution >= 4 is 0 Å². The third-order valence-corrected chi connectivity index (χ3v) is 3.40. The van der Waals surface area contributed by atoms with Gasteiger partial charge < -0.3 is 15.2 Å². The Labute approximate surface area is 120 Å². The van der Waals surface area contributed by atoms with E-state index in [-0.39, 0.29) is 0 Å². The monoisotopic (exact) mass is 271 g/mol. The molecule has 2 N–H and O–H groups in total. The van der Waals surface area contributed by atoms with Gasteiger partial charge in [-0.05, 0) is 23.6 Å². The minimum absolute atomic E-state index is 0.306. The highest BCUT2D eigenvalue weighted by atomic mass is 16.7. The van der Waals surface area contributed by atoms with Gasteiger partial charge in [0, 0.05) is 7.11 Å². The lowest BCUT2D eigenvalue weighted by Crippen LogP contribution is -2.34. The zero-order chi connectivity index (χ0) is 14.4. The van der Waals surface area contributed by atoms with Crippen molar-refractivity contribution in [1.82, 2.24) is 0 Å². The Bertz CT molecular complexity index is 520. The fourth-order valence-corrected chi connectivity index (χ4v) is 2.14. The standard InChI is InChI=1S/C17H21NO2/c1-17(18,15-6-4-3-5-7-15)16-10-8-14(9-11-16)12-20-13-19-2/h3-11H,12-13,18H2,1-2H3. The van der Waals surface area contributed by atoms with E-state index in [1.165, 1.54) is 0 Å². The molecular formula is C17H21NO2. The Morgan fingerprint density at radius 2 is 1.55 bits per heavy atom. The average molecular weight is 271 g/mol. The molecule has 106 valence electrons. The molecule has 3 heteroatoms. The third kappa shape index (κ3) is 3.45. The summed E-state index contributed by atoms with van der Waals surface area (Å²) in [4.78, 5) is 0. The molecule has 0 aromatic heterocycles. The first-order valence-corrected chi connectivity index (χ1v) is 6.65. The molecule has 1 unspecified atom stereocenters. The topological polar surface area (TPSA) is 44.5 Å². The van der Waals surface area contributed by atoms with Crippen molar-refractivity contribution in [1.29, 1.82) is 0 Å². The van der Waals surface area contributed by atoms with Crippen LogP contribution in [0.2, 0.25) is 0 Å². The van der Waals surface area contributed by atoms with Gasteiger partial charge >= 0.3 is 0 Å². The number of hydrogen-bond donors (Lipinski definition) is 1. The fourth-order valence-electron chi connectivity index (χ4n) is 2.14. The summed E-state index contributed by atoms with van der Waals surface area (Å²) in [5.41, 5.74) is 9.28. The van der Waals surface area contributed by atoms with E-state index in [0.29, 0.717) is 13.4 Å². The highest BCUT2D eigenvalue weighted by Gasteiger charge is 2.23. The molecule has 0 spiro atoms. The maximum absolute atomic E-state index is 6.48. The van der Waals surface area contributed by atoms with E-state index < -0.39 is 5.54 Å². The summed E-state index contributed by atoms with van der Waals surface area (Å²) in [6.07, 6.45) is 0. The number of nitrogens with two attached hydrogens (primary N) is 1. The largest absolute Gasteiger partial charge is 0.359 e. The number of ether oxygens (including phenoxy) is 2. The summed E-state index contributed by atoms with van der Waals surface area (Å²) >= 11 is 0. The summed E-state index contributed by atoms with van der Waals surface area (Å²) in [5, 5.41) is 0. The van der Waals surface area contributed by atoms with Crippen LogP contribution in [-0.2, 0) is 21.6 Å². The van der Waals surface area contributed by atoms with E-state index in [4.69, 9.17) is 15.2 Å². The Balaban J connectivity index is 2.13. The molecule has 0 heterocycles. The summed E-state index contributed by atoms with van der Waals surface area (Å²) in [7, 11) is 1.61. The Hall–Kier alpha value is -1.68. The maximum atomic E-state index is 6.48. The molecule has 3 nitrogen and oxygen atoms in total. The Kier molecular flexibility index (Phi) is 4.90. The van der Waals surface area contributed by atoms with Crippen LogP contribution in [0.15, 0.2) is 54.6 Å². The zero-order valence-electron chi connectivity index (χ0n) is 12.0. The van der Waals surface area contributed by atoms with Crippen LogP contribution in [0, 0.1) is 0 Å². The number of benzene rings is 2. The maximum Gasteiger partial charge on any atom is 0.146 e. The predicted octanol–water partition coefficient (Wildman–Crippen LogP) is 3.03. The van der Waals surface area contributed by atoms with Gasteiger partial charge in [0.1, 0.15) is 6.79 Å². The molecule has 0 fully saturated rings. The van der Waals surface area contributed by atoms with Gasteiger partial charge in [0.05, 0.1) is 12.1 Å². The highest BCUT2D eigenvalue weighted by molar-refractivity contribution is 5.37. The number of hydrogen-bond acceptors (Lipinski definition) is 3. The van der Waals surface area contributed by atoms with Crippen LogP contribution >= 0.6 is 0 Å². The van der Waals surface area contributed by atoms with Crippen LogP contribution in [0.3, 0.4) is 0 Å². The highest BCUT2D eigenvalue weighted by Crippen LogP contribution is 2.26. The summed E-state index contributed by atoms with van der Waals surface area (Å²) in [5.74, 6) is 0. The van der Waals surface area contributed by atoms with Crippen LogP contribution in [0.4, 0.5) is 0 Å². The van der Waals surface area contributed by atoms with Crippen LogP contribution < -0.4 is 5.73 Å². The van der Waals surface area contributed by atoms with Crippen molar-refractivity contribution in [2.75, 3.05) is 13.9 Å². The van der Waals surface area contributed by atoms with E-state index in [2.05, 4.69) is 24.3 Å². The van der Waals surface area contributed by atoms with Gasteiger partial charge in [0.15, 0.2) is 0 Å². The first-order chi connectivity index (χ1) is 9.64. The average Bonchev–Trinajstić information content (AvgIpc) is 2.49. The molecule has 0 saturated heterocycles. The molecule has 0 bridgehead atoms. The normalized spacial score (nSPS) is 13.9. The SMILES string of the molecule is COCOCc1ccc(C(C)(N)c2ccccc2)cc1. The van der Waals surface area contributed by atoms with Crippen LogP contribution in [0.1, 0.15) is 23.6 Å². The van der Waals surface area contributed by atoms with Gasteiger partial charge in [0.25, 0.3) is 0 Å². The van der Waals surface area contributed by atoms with Gasteiger partial charge in [-0.2, -0.15) is 0 Å². The molecule has 0 amide bonds. The van der Waals surface area contributed by atoms with E-state index in [1.54, 1.807) is 7.11 Å². The first-order valence-electron chi connectivity index (χ1n) is 6.65. The van der Waals surface area contributed by atoms with Gasteiger partial charge in [-0.3, -0.25) is 0 Å². The minimum atomic E-state index is -0.493. The van der Waals surface area contributed by atoms with Crippen molar-refractivity contribution < 1.29 is 9.47 Å². The quantitative estimate of drug-likeness (QED) is 0.649. The lowest BCUT2D eigenvalue weighted by atomic mass is 9.85. The molecule has 1 atom stereocenters. The molecule has 2 rings (SSSR count). The molecule has 0 aliphatic rings. The van der Waals surface area contributed by atoms with Gasteiger partial charge in [-0.25, -0.2) is 0 Å². The van der Waals surface area contributed by atoms with Gasteiger partial charge in [-0.1, -0.05) is 54.6 Å². The predicted molar refractivity (Wildman–Crippen MR) is 80.2 cm³/mol.